The van der Waals surface area contributed by atoms with Crippen molar-refractivity contribution < 1.29 is 13.3 Å². The number of benzene rings is 18. The Balaban J connectivity index is 0.000000101. The van der Waals surface area contributed by atoms with Crippen LogP contribution < -0.4 is 0 Å². The highest BCUT2D eigenvalue weighted by Gasteiger charge is 2.27. The van der Waals surface area contributed by atoms with E-state index < -0.39 is 0 Å². The molecule has 576 valence electrons. The van der Waals surface area contributed by atoms with E-state index in [0.29, 0.717) is 0 Å². The lowest BCUT2D eigenvalue weighted by atomic mass is 9.96. The van der Waals surface area contributed by atoms with Gasteiger partial charge in [-0.15, -0.1) is 34.0 Å². The normalized spacial score (nSPS) is 11.9. The Morgan fingerprint density at radius 1 is 0.179 bits per heavy atom. The van der Waals surface area contributed by atoms with Gasteiger partial charge < -0.3 is 27.0 Å². The zero-order valence-electron chi connectivity index (χ0n) is 66.1. The number of rotatable bonds is 9. The van der Waals surface area contributed by atoms with Gasteiger partial charge in [0.2, 0.25) is 0 Å². The smallest absolute Gasteiger partial charge is 0.143 e. The van der Waals surface area contributed by atoms with Crippen molar-refractivity contribution in [2.75, 3.05) is 0 Å². The molecule has 0 saturated heterocycles. The molecule has 18 aromatic carbocycles. The summed E-state index contributed by atoms with van der Waals surface area (Å²) in [5.41, 5.74) is 30.7. The standard InChI is InChI=1S/3C38H23NOS/c1-3-12-24(13-4-1)26-17-9-20-30-34-27(18-11-23-33(34)40-36(26)30)28-19-10-21-31-35-38(41-37(28)31)29-16-7-8-22-32(29)39(35)25-14-5-2-6-15-25;1-3-11-24(12-4-1)28-17-9-18-31-35-27(16-10-20-33(35)40-37(28)31)25-21-22-30-34(23-25)41-38-29-15-7-8-19-32(29)39(36(30)38)26-13-5-2-6-14-26;1-3-11-24(12-4-1)28-17-9-18-30-35-27(16-10-20-33(35)40-37(28)30)25-21-22-34-31(23-25)36-38(41-34)29-15-7-8-19-32(29)39(36)26-13-5-2-6-14-26/h3*1-23H. The molecule has 9 aromatic heterocycles. The number of nitrogens with zero attached hydrogens (tertiary/aromatic N) is 3. The van der Waals surface area contributed by atoms with Gasteiger partial charge in [0, 0.05) is 118 Å². The molecule has 0 atom stereocenters. The fraction of sp³-hybridized carbons (Fsp3) is 0. The summed E-state index contributed by atoms with van der Waals surface area (Å²) >= 11 is 5.65. The molecule has 123 heavy (non-hydrogen) atoms. The number of furan rings is 3. The van der Waals surface area contributed by atoms with Crippen LogP contribution in [0.1, 0.15) is 0 Å². The third kappa shape index (κ3) is 11.3. The first-order chi connectivity index (χ1) is 61.1. The predicted octanol–water partition coefficient (Wildman–Crippen LogP) is 33.7. The van der Waals surface area contributed by atoms with Crippen molar-refractivity contribution in [1.82, 2.24) is 13.7 Å². The molecular formula is C114H69N3O3S3. The summed E-state index contributed by atoms with van der Waals surface area (Å²) in [6.45, 7) is 0. The molecule has 0 spiro atoms. The van der Waals surface area contributed by atoms with Crippen LogP contribution in [-0.2, 0) is 0 Å². The third-order valence-corrected chi connectivity index (χ3v) is 28.3. The minimum Gasteiger partial charge on any atom is -0.455 e. The van der Waals surface area contributed by atoms with Gasteiger partial charge in [-0.2, -0.15) is 0 Å². The Labute approximate surface area is 717 Å². The highest BCUT2D eigenvalue weighted by atomic mass is 32.1. The Kier molecular flexibility index (Phi) is 16.5. The maximum Gasteiger partial charge on any atom is 0.143 e. The zero-order chi connectivity index (χ0) is 80.7. The van der Waals surface area contributed by atoms with Crippen molar-refractivity contribution in [3.8, 4) is 83.8 Å². The topological polar surface area (TPSA) is 54.2 Å². The molecule has 0 amide bonds. The van der Waals surface area contributed by atoms with E-state index in [0.717, 1.165) is 88.4 Å². The van der Waals surface area contributed by atoms with Crippen LogP contribution >= 0.6 is 34.0 Å². The highest BCUT2D eigenvalue weighted by Crippen LogP contribution is 2.52. The number of aromatic nitrogens is 3. The molecule has 0 N–H and O–H groups in total. The summed E-state index contributed by atoms with van der Waals surface area (Å²) < 4.78 is 34.8. The number of fused-ring (bicyclic) bond motifs is 24. The van der Waals surface area contributed by atoms with Crippen molar-refractivity contribution in [2.45, 2.75) is 0 Å². The van der Waals surface area contributed by atoms with E-state index >= 15 is 0 Å². The molecule has 0 radical (unpaired) electrons. The van der Waals surface area contributed by atoms with Crippen molar-refractivity contribution in [1.29, 1.82) is 0 Å². The highest BCUT2D eigenvalue weighted by molar-refractivity contribution is 7.28. The van der Waals surface area contributed by atoms with E-state index in [2.05, 4.69) is 432 Å². The Morgan fingerprint density at radius 3 is 0.943 bits per heavy atom. The molecule has 9 heterocycles. The van der Waals surface area contributed by atoms with Gasteiger partial charge in [-0.05, 0) is 136 Å². The van der Waals surface area contributed by atoms with Gasteiger partial charge in [0.1, 0.15) is 33.5 Å². The maximum absolute atomic E-state index is 6.59. The van der Waals surface area contributed by atoms with E-state index in [1.165, 1.54) is 155 Å². The minimum absolute atomic E-state index is 0.912. The summed E-state index contributed by atoms with van der Waals surface area (Å²) in [7, 11) is 0. The van der Waals surface area contributed by atoms with Crippen molar-refractivity contribution in [2.24, 2.45) is 0 Å². The summed E-state index contributed by atoms with van der Waals surface area (Å²) in [6.07, 6.45) is 0. The maximum atomic E-state index is 6.59. The van der Waals surface area contributed by atoms with E-state index in [1.54, 1.807) is 0 Å². The summed E-state index contributed by atoms with van der Waals surface area (Å²) in [6, 6.07) is 149. The molecule has 6 nitrogen and oxygen atoms in total. The Morgan fingerprint density at radius 2 is 0.496 bits per heavy atom. The van der Waals surface area contributed by atoms with Crippen LogP contribution in [0.25, 0.3) is 243 Å². The Bertz CT molecular complexity index is 8790. The molecule has 0 fully saturated rings. The molecule has 0 aliphatic rings. The molecule has 0 bridgehead atoms. The van der Waals surface area contributed by atoms with Gasteiger partial charge in [-0.3, -0.25) is 0 Å². The van der Waals surface area contributed by atoms with Gasteiger partial charge in [0.25, 0.3) is 0 Å². The number of para-hydroxylation sites is 9. The average molecular weight is 1630 g/mol. The lowest BCUT2D eigenvalue weighted by Gasteiger charge is -2.09. The summed E-state index contributed by atoms with van der Waals surface area (Å²) in [5, 5.41) is 14.7. The van der Waals surface area contributed by atoms with Crippen LogP contribution in [0, 0.1) is 0 Å². The lowest BCUT2D eigenvalue weighted by molar-refractivity contribution is 0.669. The second-order valence-electron chi connectivity index (χ2n) is 31.5. The van der Waals surface area contributed by atoms with Gasteiger partial charge >= 0.3 is 0 Å². The molecule has 0 aliphatic carbocycles. The van der Waals surface area contributed by atoms with Gasteiger partial charge in [-0.1, -0.05) is 328 Å². The van der Waals surface area contributed by atoms with E-state index in [4.69, 9.17) is 13.3 Å². The predicted molar refractivity (Wildman–Crippen MR) is 523 cm³/mol. The van der Waals surface area contributed by atoms with Crippen LogP contribution in [0.15, 0.2) is 432 Å². The minimum atomic E-state index is 0.912. The molecule has 0 unspecified atom stereocenters. The first-order valence-corrected chi connectivity index (χ1v) is 44.0. The van der Waals surface area contributed by atoms with Gasteiger partial charge in [0.15, 0.2) is 0 Å². The van der Waals surface area contributed by atoms with Crippen molar-refractivity contribution in [3.05, 3.63) is 419 Å². The van der Waals surface area contributed by atoms with Gasteiger partial charge in [-0.25, -0.2) is 0 Å². The largest absolute Gasteiger partial charge is 0.455 e. The number of hydrogen-bond acceptors (Lipinski definition) is 6. The first-order valence-electron chi connectivity index (χ1n) is 41.6. The average Bonchev–Trinajstić information content (AvgIpc) is 1.56. The van der Waals surface area contributed by atoms with Crippen molar-refractivity contribution in [3.63, 3.8) is 0 Å². The summed E-state index contributed by atoms with van der Waals surface area (Å²) in [5.74, 6) is 0. The zero-order valence-corrected chi connectivity index (χ0v) is 68.6. The van der Waals surface area contributed by atoms with Crippen LogP contribution in [0.2, 0.25) is 0 Å². The van der Waals surface area contributed by atoms with Crippen molar-refractivity contribution >= 4 is 193 Å². The van der Waals surface area contributed by atoms with E-state index in [1.807, 2.05) is 34.0 Å². The fourth-order valence-corrected chi connectivity index (χ4v) is 23.1. The molecule has 0 aliphatic heterocycles. The first kappa shape index (κ1) is 70.6. The Hall–Kier alpha value is -15.4. The molecule has 27 rings (SSSR count). The second kappa shape index (κ2) is 28.7. The van der Waals surface area contributed by atoms with Crippen LogP contribution in [0.4, 0.5) is 0 Å². The molecular weight excluding hydrogens is 1560 g/mol. The summed E-state index contributed by atoms with van der Waals surface area (Å²) in [4.78, 5) is 0. The molecule has 9 heteroatoms. The third-order valence-electron chi connectivity index (χ3n) is 24.6. The van der Waals surface area contributed by atoms with Crippen LogP contribution in [0.3, 0.4) is 0 Å². The number of hydrogen-bond donors (Lipinski definition) is 0. The van der Waals surface area contributed by atoms with Crippen LogP contribution in [-0.4, -0.2) is 13.7 Å². The second-order valence-corrected chi connectivity index (χ2v) is 34.6. The monoisotopic (exact) mass is 1620 g/mol. The number of thiophene rings is 3. The van der Waals surface area contributed by atoms with E-state index in [-0.39, 0.29) is 0 Å². The SMILES string of the molecule is c1ccc(-c2cccc3c2oc2cccc(-c4ccc5c(c4)sc4c6ccccc6n(-c6ccccc6)c54)c23)cc1.c1ccc(-c2cccc3c2oc2cccc(-c4ccc5sc6c7ccccc7n(-c7ccccc7)c6c5c4)c23)cc1.c1ccc(-c2cccc3c2oc2cccc(-c4cccc5c4sc4c6ccccc6n(-c6ccccc6)c54)c23)cc1. The quantitative estimate of drug-likeness (QED) is 0.145. The molecule has 0 saturated carbocycles. The van der Waals surface area contributed by atoms with E-state index in [9.17, 15) is 0 Å². The molecule has 27 aromatic rings. The van der Waals surface area contributed by atoms with Gasteiger partial charge in [0.05, 0.1) is 47.2 Å². The van der Waals surface area contributed by atoms with Crippen LogP contribution in [0.5, 0.6) is 0 Å². The fourth-order valence-electron chi connectivity index (χ4n) is 19.3. The lowest BCUT2D eigenvalue weighted by Crippen LogP contribution is -1.92.